The van der Waals surface area contributed by atoms with E-state index < -0.39 is 0 Å². The number of anilines is 2. The summed E-state index contributed by atoms with van der Waals surface area (Å²) in [4.78, 5) is 0. The van der Waals surface area contributed by atoms with Gasteiger partial charge in [0.05, 0.1) is 18.5 Å². The van der Waals surface area contributed by atoms with Crippen molar-refractivity contribution in [1.82, 2.24) is 0 Å². The number of nitrogens with one attached hydrogen (secondary N) is 1. The van der Waals surface area contributed by atoms with Crippen molar-refractivity contribution in [3.05, 3.63) is 53.6 Å². The van der Waals surface area contributed by atoms with Crippen molar-refractivity contribution in [3.8, 4) is 5.75 Å². The molecule has 2 rings (SSSR count). The molecule has 20 heavy (non-hydrogen) atoms. The van der Waals surface area contributed by atoms with Gasteiger partial charge in [-0.15, -0.1) is 0 Å². The first-order valence-electron chi connectivity index (χ1n) is 6.86. The van der Waals surface area contributed by atoms with Gasteiger partial charge in [-0.25, -0.2) is 0 Å². The molecular weight excluding hydrogens is 248 g/mol. The fourth-order valence-electron chi connectivity index (χ4n) is 2.03. The van der Waals surface area contributed by atoms with E-state index in [1.165, 1.54) is 11.1 Å². The maximum absolute atomic E-state index is 5.95. The van der Waals surface area contributed by atoms with E-state index in [9.17, 15) is 0 Å². The van der Waals surface area contributed by atoms with E-state index in [0.29, 0.717) is 5.92 Å². The molecule has 0 aromatic heterocycles. The average Bonchev–Trinajstić information content (AvgIpc) is 2.47. The zero-order valence-corrected chi connectivity index (χ0v) is 12.3. The maximum Gasteiger partial charge on any atom is 0.121 e. The Kier molecular flexibility index (Phi) is 4.51. The van der Waals surface area contributed by atoms with Gasteiger partial charge in [0.2, 0.25) is 0 Å². The summed E-state index contributed by atoms with van der Waals surface area (Å²) in [6, 6.07) is 14.3. The van der Waals surface area contributed by atoms with Crippen LogP contribution in [-0.4, -0.2) is 7.11 Å². The molecule has 0 aliphatic rings. The minimum atomic E-state index is 0.561. The van der Waals surface area contributed by atoms with Gasteiger partial charge in [-0.3, -0.25) is 0 Å². The van der Waals surface area contributed by atoms with Crippen LogP contribution in [0.25, 0.3) is 0 Å². The number of benzene rings is 2. The van der Waals surface area contributed by atoms with Gasteiger partial charge in [0.25, 0.3) is 0 Å². The molecule has 0 bridgehead atoms. The van der Waals surface area contributed by atoms with Crippen LogP contribution in [0.5, 0.6) is 5.75 Å². The Morgan fingerprint density at radius 2 is 1.80 bits per heavy atom. The second-order valence-corrected chi connectivity index (χ2v) is 5.20. The van der Waals surface area contributed by atoms with Crippen LogP contribution in [0.3, 0.4) is 0 Å². The van der Waals surface area contributed by atoms with Crippen LogP contribution >= 0.6 is 0 Å². The van der Waals surface area contributed by atoms with Crippen molar-refractivity contribution < 1.29 is 4.74 Å². The first-order valence-corrected chi connectivity index (χ1v) is 6.86. The predicted octanol–water partition coefficient (Wildman–Crippen LogP) is 4.01. The van der Waals surface area contributed by atoms with Crippen molar-refractivity contribution in [3.63, 3.8) is 0 Å². The summed E-state index contributed by atoms with van der Waals surface area (Å²) in [6.07, 6.45) is 0. The third-order valence-corrected chi connectivity index (χ3v) is 3.39. The second-order valence-electron chi connectivity index (χ2n) is 5.20. The largest absolute Gasteiger partial charge is 0.497 e. The van der Waals surface area contributed by atoms with Crippen LogP contribution in [0.2, 0.25) is 0 Å². The molecule has 0 saturated heterocycles. The predicted molar refractivity (Wildman–Crippen MR) is 85.3 cm³/mol. The van der Waals surface area contributed by atoms with Crippen molar-refractivity contribution in [2.24, 2.45) is 0 Å². The van der Waals surface area contributed by atoms with E-state index >= 15 is 0 Å². The van der Waals surface area contributed by atoms with Crippen LogP contribution in [0.15, 0.2) is 42.5 Å². The van der Waals surface area contributed by atoms with Gasteiger partial charge in [-0.05, 0) is 29.2 Å². The van der Waals surface area contributed by atoms with Gasteiger partial charge in [0, 0.05) is 12.6 Å². The summed E-state index contributed by atoms with van der Waals surface area (Å²) in [5, 5.41) is 3.35. The zero-order chi connectivity index (χ0) is 14.5. The van der Waals surface area contributed by atoms with Crippen molar-refractivity contribution in [1.29, 1.82) is 0 Å². The number of ether oxygens (including phenoxy) is 1. The molecule has 2 aromatic rings. The summed E-state index contributed by atoms with van der Waals surface area (Å²) in [5.41, 5.74) is 10.2. The van der Waals surface area contributed by atoms with E-state index in [2.05, 4.69) is 43.4 Å². The zero-order valence-electron chi connectivity index (χ0n) is 12.3. The lowest BCUT2D eigenvalue weighted by atomic mass is 10.0. The minimum Gasteiger partial charge on any atom is -0.497 e. The molecular formula is C17H22N2O. The lowest BCUT2D eigenvalue weighted by molar-refractivity contribution is 0.415. The summed E-state index contributed by atoms with van der Waals surface area (Å²) in [5.74, 6) is 1.36. The molecule has 3 nitrogen and oxygen atoms in total. The molecule has 0 amide bonds. The topological polar surface area (TPSA) is 47.3 Å². The Morgan fingerprint density at radius 1 is 1.10 bits per heavy atom. The summed E-state index contributed by atoms with van der Waals surface area (Å²) in [6.45, 7) is 5.14. The average molecular weight is 270 g/mol. The molecule has 0 saturated carbocycles. The quantitative estimate of drug-likeness (QED) is 0.807. The van der Waals surface area contributed by atoms with Crippen LogP contribution in [0.1, 0.15) is 30.9 Å². The van der Waals surface area contributed by atoms with Crippen molar-refractivity contribution in [2.45, 2.75) is 26.3 Å². The Hall–Kier alpha value is -2.16. The molecule has 0 aliphatic heterocycles. The summed E-state index contributed by atoms with van der Waals surface area (Å²) >= 11 is 0. The molecule has 0 aliphatic carbocycles. The van der Waals surface area contributed by atoms with E-state index in [1.807, 2.05) is 18.2 Å². The number of hydrogen-bond acceptors (Lipinski definition) is 3. The van der Waals surface area contributed by atoms with Gasteiger partial charge < -0.3 is 15.8 Å². The Balaban J connectivity index is 2.04. The van der Waals surface area contributed by atoms with Gasteiger partial charge >= 0.3 is 0 Å². The van der Waals surface area contributed by atoms with Gasteiger partial charge in [0.1, 0.15) is 5.75 Å². The summed E-state index contributed by atoms with van der Waals surface area (Å²) in [7, 11) is 1.65. The number of methoxy groups -OCH3 is 1. The molecule has 0 spiro atoms. The summed E-state index contributed by atoms with van der Waals surface area (Å²) < 4.78 is 5.21. The number of hydrogen-bond donors (Lipinski definition) is 2. The van der Waals surface area contributed by atoms with Crippen LogP contribution in [0.4, 0.5) is 11.4 Å². The monoisotopic (exact) mass is 270 g/mol. The van der Waals surface area contributed by atoms with E-state index in [0.717, 1.165) is 23.7 Å². The number of rotatable bonds is 5. The van der Waals surface area contributed by atoms with Crippen molar-refractivity contribution in [2.75, 3.05) is 18.2 Å². The Morgan fingerprint density at radius 3 is 2.40 bits per heavy atom. The Labute approximate surface area is 120 Å². The van der Waals surface area contributed by atoms with Gasteiger partial charge in [-0.2, -0.15) is 0 Å². The fourth-order valence-corrected chi connectivity index (χ4v) is 2.03. The van der Waals surface area contributed by atoms with Crippen LogP contribution in [0, 0.1) is 0 Å². The molecule has 106 valence electrons. The standard InChI is InChI=1S/C17H22N2O/c1-12(2)14-6-4-13(5-7-14)11-19-17-10-15(20-3)8-9-16(17)18/h4-10,12,19H,11,18H2,1-3H3. The molecule has 0 atom stereocenters. The lowest BCUT2D eigenvalue weighted by Crippen LogP contribution is -2.03. The van der Waals surface area contributed by atoms with Crippen molar-refractivity contribution >= 4 is 11.4 Å². The molecule has 0 unspecified atom stereocenters. The maximum atomic E-state index is 5.95. The minimum absolute atomic E-state index is 0.561. The highest BCUT2D eigenvalue weighted by Crippen LogP contribution is 2.25. The SMILES string of the molecule is COc1ccc(N)c(NCc2ccc(C(C)C)cc2)c1. The molecule has 0 heterocycles. The highest BCUT2D eigenvalue weighted by Gasteiger charge is 2.02. The third kappa shape index (κ3) is 3.44. The first-order chi connectivity index (χ1) is 9.60. The van der Waals surface area contributed by atoms with E-state index in [-0.39, 0.29) is 0 Å². The lowest BCUT2D eigenvalue weighted by Gasteiger charge is -2.12. The van der Waals surface area contributed by atoms with Gasteiger partial charge in [-0.1, -0.05) is 38.1 Å². The number of nitrogen functional groups attached to an aromatic ring is 1. The van der Waals surface area contributed by atoms with Crippen LogP contribution < -0.4 is 15.8 Å². The molecule has 3 heteroatoms. The molecule has 0 radical (unpaired) electrons. The smallest absolute Gasteiger partial charge is 0.121 e. The van der Waals surface area contributed by atoms with Gasteiger partial charge in [0.15, 0.2) is 0 Å². The fraction of sp³-hybridized carbons (Fsp3) is 0.294. The Bertz CT molecular complexity index is 562. The second kappa shape index (κ2) is 6.33. The molecule has 0 fully saturated rings. The first kappa shape index (κ1) is 14.3. The molecule has 2 aromatic carbocycles. The highest BCUT2D eigenvalue weighted by molar-refractivity contribution is 5.68. The highest BCUT2D eigenvalue weighted by atomic mass is 16.5. The molecule has 3 N–H and O–H groups in total. The third-order valence-electron chi connectivity index (χ3n) is 3.39. The normalized spacial score (nSPS) is 10.6. The van der Waals surface area contributed by atoms with E-state index in [4.69, 9.17) is 10.5 Å². The van der Waals surface area contributed by atoms with Crippen LogP contribution in [-0.2, 0) is 6.54 Å². The van der Waals surface area contributed by atoms with E-state index in [1.54, 1.807) is 7.11 Å². The number of nitrogens with two attached hydrogens (primary N) is 1.